The predicted molar refractivity (Wildman–Crippen MR) is 80.7 cm³/mol. The number of hydrogen-bond acceptors (Lipinski definition) is 0. The Kier molecular flexibility index (Phi) is 2.20. The SMILES string of the molecule is C[C@@]12C=CC=C1C1=CC=C3C=CCC[C@]3(C)[C@H]1CC2. The fraction of sp³-hybridized carbons (Fsp3) is 0.474. The lowest BCUT2D eigenvalue weighted by atomic mass is 9.54. The van der Waals surface area contributed by atoms with Crippen LogP contribution in [0.25, 0.3) is 0 Å². The van der Waals surface area contributed by atoms with Gasteiger partial charge in [0, 0.05) is 5.41 Å². The van der Waals surface area contributed by atoms with E-state index in [4.69, 9.17) is 0 Å². The van der Waals surface area contributed by atoms with Crippen molar-refractivity contribution in [2.45, 2.75) is 39.5 Å². The molecule has 0 heterocycles. The Bertz CT molecular complexity index is 581. The fourth-order valence-electron chi connectivity index (χ4n) is 4.67. The van der Waals surface area contributed by atoms with Crippen molar-refractivity contribution in [1.82, 2.24) is 0 Å². The summed E-state index contributed by atoms with van der Waals surface area (Å²) < 4.78 is 0. The van der Waals surface area contributed by atoms with Crippen LogP contribution in [0.2, 0.25) is 0 Å². The normalized spacial score (nSPS) is 42.8. The highest BCUT2D eigenvalue weighted by Gasteiger charge is 2.47. The van der Waals surface area contributed by atoms with Gasteiger partial charge in [-0.15, -0.1) is 0 Å². The van der Waals surface area contributed by atoms with Crippen LogP contribution in [-0.2, 0) is 0 Å². The van der Waals surface area contributed by atoms with Crippen LogP contribution in [0.1, 0.15) is 39.5 Å². The third-order valence-electron chi connectivity index (χ3n) is 5.98. The van der Waals surface area contributed by atoms with Gasteiger partial charge < -0.3 is 0 Å². The second kappa shape index (κ2) is 3.62. The molecule has 0 saturated heterocycles. The maximum absolute atomic E-state index is 2.49. The molecule has 0 aromatic carbocycles. The molecule has 0 unspecified atom stereocenters. The van der Waals surface area contributed by atoms with Gasteiger partial charge in [-0.3, -0.25) is 0 Å². The Hall–Kier alpha value is -1.30. The number of rotatable bonds is 0. The topological polar surface area (TPSA) is 0 Å². The minimum atomic E-state index is 0.314. The smallest absolute Gasteiger partial charge is 0.0110 e. The molecule has 3 atom stereocenters. The Balaban J connectivity index is 1.84. The molecule has 4 aliphatic rings. The summed E-state index contributed by atoms with van der Waals surface area (Å²) >= 11 is 0. The van der Waals surface area contributed by atoms with Crippen LogP contribution in [0.15, 0.2) is 59.3 Å². The van der Waals surface area contributed by atoms with Gasteiger partial charge in [0.15, 0.2) is 0 Å². The fourth-order valence-corrected chi connectivity index (χ4v) is 4.67. The second-order valence-corrected chi connectivity index (χ2v) is 7.05. The number of fused-ring (bicyclic) bond motifs is 5. The first kappa shape index (κ1) is 11.5. The summed E-state index contributed by atoms with van der Waals surface area (Å²) in [5.74, 6) is 0.733. The summed E-state index contributed by atoms with van der Waals surface area (Å²) in [6.07, 6.45) is 21.7. The van der Waals surface area contributed by atoms with Crippen molar-refractivity contribution in [2.75, 3.05) is 0 Å². The lowest BCUT2D eigenvalue weighted by molar-refractivity contribution is 0.199. The molecule has 0 N–H and O–H groups in total. The van der Waals surface area contributed by atoms with E-state index in [-0.39, 0.29) is 0 Å². The molecule has 98 valence electrons. The molecule has 19 heavy (non-hydrogen) atoms. The standard InChI is InChI=1S/C19H22/c1-18-11-5-7-16(18)15-9-8-14-6-3-4-12-19(14,2)17(15)10-13-18/h3,5-9,11,17H,4,10,12-13H2,1-2H3/t17-,18-,19-/m0/s1. The largest absolute Gasteiger partial charge is 0.0842 e. The van der Waals surface area contributed by atoms with Gasteiger partial charge in [0.05, 0.1) is 0 Å². The van der Waals surface area contributed by atoms with Crippen LogP contribution in [-0.4, -0.2) is 0 Å². The maximum Gasteiger partial charge on any atom is 0.0110 e. The van der Waals surface area contributed by atoms with Gasteiger partial charge in [0.1, 0.15) is 0 Å². The molecule has 0 amide bonds. The lowest BCUT2D eigenvalue weighted by Crippen LogP contribution is -2.39. The lowest BCUT2D eigenvalue weighted by Gasteiger charge is -2.50. The Morgan fingerprint density at radius 3 is 2.89 bits per heavy atom. The highest BCUT2D eigenvalue weighted by molar-refractivity contribution is 5.55. The molecule has 0 heteroatoms. The van der Waals surface area contributed by atoms with Crippen molar-refractivity contribution in [3.05, 3.63) is 59.3 Å². The van der Waals surface area contributed by atoms with Crippen LogP contribution in [0.5, 0.6) is 0 Å². The molecular weight excluding hydrogens is 228 g/mol. The van der Waals surface area contributed by atoms with E-state index in [0.717, 1.165) is 5.92 Å². The summed E-state index contributed by atoms with van der Waals surface area (Å²) in [6.45, 7) is 4.90. The van der Waals surface area contributed by atoms with Gasteiger partial charge in [-0.25, -0.2) is 0 Å². The summed E-state index contributed by atoms with van der Waals surface area (Å²) in [5, 5.41) is 0. The highest BCUT2D eigenvalue weighted by Crippen LogP contribution is 2.59. The maximum atomic E-state index is 2.49. The van der Waals surface area contributed by atoms with Crippen molar-refractivity contribution in [2.24, 2.45) is 16.7 Å². The zero-order chi connectivity index (χ0) is 13.1. The van der Waals surface area contributed by atoms with Gasteiger partial charge in [-0.05, 0) is 53.7 Å². The van der Waals surface area contributed by atoms with E-state index in [1.165, 1.54) is 25.7 Å². The zero-order valence-electron chi connectivity index (χ0n) is 11.9. The minimum Gasteiger partial charge on any atom is -0.0842 e. The van der Waals surface area contributed by atoms with E-state index in [9.17, 15) is 0 Å². The molecule has 1 fully saturated rings. The Morgan fingerprint density at radius 2 is 2.00 bits per heavy atom. The van der Waals surface area contributed by atoms with Crippen molar-refractivity contribution in [1.29, 1.82) is 0 Å². The second-order valence-electron chi connectivity index (χ2n) is 7.05. The zero-order valence-corrected chi connectivity index (χ0v) is 11.9. The molecule has 0 aliphatic heterocycles. The van der Waals surface area contributed by atoms with E-state index in [1.54, 1.807) is 16.7 Å². The van der Waals surface area contributed by atoms with E-state index in [1.807, 2.05) is 0 Å². The minimum absolute atomic E-state index is 0.314. The first-order chi connectivity index (χ1) is 9.13. The first-order valence-corrected chi connectivity index (χ1v) is 7.63. The summed E-state index contributed by atoms with van der Waals surface area (Å²) in [6, 6.07) is 0. The summed E-state index contributed by atoms with van der Waals surface area (Å²) in [5.41, 5.74) is 5.47. The third kappa shape index (κ3) is 1.40. The number of allylic oxidation sites excluding steroid dienone is 10. The third-order valence-corrected chi connectivity index (χ3v) is 5.98. The molecule has 0 bridgehead atoms. The van der Waals surface area contributed by atoms with Crippen molar-refractivity contribution in [3.8, 4) is 0 Å². The highest BCUT2D eigenvalue weighted by atomic mass is 14.5. The molecular formula is C19H22. The Labute approximate surface area is 116 Å². The molecule has 0 spiro atoms. The van der Waals surface area contributed by atoms with Crippen LogP contribution in [0, 0.1) is 16.7 Å². The summed E-state index contributed by atoms with van der Waals surface area (Å²) in [7, 11) is 0. The number of hydrogen-bond donors (Lipinski definition) is 0. The van der Waals surface area contributed by atoms with Gasteiger partial charge in [0.2, 0.25) is 0 Å². The van der Waals surface area contributed by atoms with E-state index >= 15 is 0 Å². The van der Waals surface area contributed by atoms with Crippen LogP contribution >= 0.6 is 0 Å². The average molecular weight is 250 g/mol. The monoisotopic (exact) mass is 250 g/mol. The van der Waals surface area contributed by atoms with Crippen molar-refractivity contribution < 1.29 is 0 Å². The summed E-state index contributed by atoms with van der Waals surface area (Å²) in [4.78, 5) is 0. The quantitative estimate of drug-likeness (QED) is 0.559. The van der Waals surface area contributed by atoms with Crippen LogP contribution < -0.4 is 0 Å². The molecule has 0 aromatic rings. The molecule has 0 radical (unpaired) electrons. The molecule has 4 rings (SSSR count). The average Bonchev–Trinajstić information content (AvgIpc) is 2.79. The molecule has 0 nitrogen and oxygen atoms in total. The first-order valence-electron chi connectivity index (χ1n) is 7.63. The van der Waals surface area contributed by atoms with Gasteiger partial charge in [-0.2, -0.15) is 0 Å². The van der Waals surface area contributed by atoms with E-state index in [2.05, 4.69) is 56.4 Å². The molecule has 4 aliphatic carbocycles. The molecule has 0 aromatic heterocycles. The Morgan fingerprint density at radius 1 is 1.11 bits per heavy atom. The van der Waals surface area contributed by atoms with Gasteiger partial charge >= 0.3 is 0 Å². The van der Waals surface area contributed by atoms with E-state index in [0.29, 0.717) is 10.8 Å². The van der Waals surface area contributed by atoms with E-state index < -0.39 is 0 Å². The predicted octanol–water partition coefficient (Wildman–Crippen LogP) is 5.12. The van der Waals surface area contributed by atoms with Gasteiger partial charge in [-0.1, -0.05) is 56.4 Å². The van der Waals surface area contributed by atoms with Crippen LogP contribution in [0.4, 0.5) is 0 Å². The van der Waals surface area contributed by atoms with Crippen molar-refractivity contribution in [3.63, 3.8) is 0 Å². The molecule has 1 saturated carbocycles. The van der Waals surface area contributed by atoms with Gasteiger partial charge in [0.25, 0.3) is 0 Å². The van der Waals surface area contributed by atoms with Crippen molar-refractivity contribution >= 4 is 0 Å². The van der Waals surface area contributed by atoms with Crippen LogP contribution in [0.3, 0.4) is 0 Å².